The fourth-order valence-corrected chi connectivity index (χ4v) is 1.62. The van der Waals surface area contributed by atoms with Gasteiger partial charge in [-0.05, 0) is 37.9 Å². The Balaban J connectivity index is 2.73. The summed E-state index contributed by atoms with van der Waals surface area (Å²) in [4.78, 5) is 0. The van der Waals surface area contributed by atoms with Crippen molar-refractivity contribution in [2.45, 2.75) is 32.3 Å². The Kier molecular flexibility index (Phi) is 3.67. The van der Waals surface area contributed by atoms with Gasteiger partial charge in [0.1, 0.15) is 0 Å². The van der Waals surface area contributed by atoms with E-state index in [1.165, 1.54) is 11.1 Å². The summed E-state index contributed by atoms with van der Waals surface area (Å²) in [5.41, 5.74) is 7.19. The third kappa shape index (κ3) is 3.13. The second-order valence-corrected chi connectivity index (χ2v) is 4.14. The van der Waals surface area contributed by atoms with Crippen molar-refractivity contribution in [3.8, 4) is 0 Å². The van der Waals surface area contributed by atoms with Gasteiger partial charge in [0, 0.05) is 6.42 Å². The summed E-state index contributed by atoms with van der Waals surface area (Å²) in [5.74, 6) is 0. The van der Waals surface area contributed by atoms with E-state index in [4.69, 9.17) is 5.73 Å². The molecule has 0 aliphatic carbocycles. The highest BCUT2D eigenvalue weighted by molar-refractivity contribution is 5.26. The standard InChI is InChI=1S/C12H19NO/c1-10-5-3-4-6-11(10)9-12(2,14)7-8-13/h3-6,14H,7-9,13H2,1-2H3. The highest BCUT2D eigenvalue weighted by Gasteiger charge is 2.20. The molecule has 3 N–H and O–H groups in total. The molecule has 1 rings (SSSR count). The van der Waals surface area contributed by atoms with Crippen molar-refractivity contribution in [2.24, 2.45) is 5.73 Å². The molecule has 0 aromatic heterocycles. The van der Waals surface area contributed by atoms with Gasteiger partial charge in [-0.3, -0.25) is 0 Å². The van der Waals surface area contributed by atoms with Crippen molar-refractivity contribution in [1.82, 2.24) is 0 Å². The van der Waals surface area contributed by atoms with Gasteiger partial charge in [0.15, 0.2) is 0 Å². The number of nitrogens with two attached hydrogens (primary N) is 1. The van der Waals surface area contributed by atoms with Gasteiger partial charge < -0.3 is 10.8 Å². The quantitative estimate of drug-likeness (QED) is 0.763. The first kappa shape index (κ1) is 11.2. The fraction of sp³-hybridized carbons (Fsp3) is 0.500. The third-order valence-electron chi connectivity index (χ3n) is 2.52. The van der Waals surface area contributed by atoms with Gasteiger partial charge >= 0.3 is 0 Å². The Morgan fingerprint density at radius 2 is 2.00 bits per heavy atom. The average molecular weight is 193 g/mol. The maximum atomic E-state index is 10.0. The minimum absolute atomic E-state index is 0.527. The maximum Gasteiger partial charge on any atom is 0.0672 e. The minimum Gasteiger partial charge on any atom is -0.390 e. The highest BCUT2D eigenvalue weighted by Crippen LogP contribution is 2.18. The zero-order valence-electron chi connectivity index (χ0n) is 8.96. The summed E-state index contributed by atoms with van der Waals surface area (Å²) >= 11 is 0. The van der Waals surface area contributed by atoms with Crippen molar-refractivity contribution in [3.05, 3.63) is 35.4 Å². The molecule has 78 valence electrons. The van der Waals surface area contributed by atoms with E-state index in [1.807, 2.05) is 19.1 Å². The molecule has 0 amide bonds. The number of rotatable bonds is 4. The Hall–Kier alpha value is -0.860. The molecule has 0 fully saturated rings. The van der Waals surface area contributed by atoms with Crippen molar-refractivity contribution in [2.75, 3.05) is 6.54 Å². The van der Waals surface area contributed by atoms with Crippen LogP contribution in [0.3, 0.4) is 0 Å². The van der Waals surface area contributed by atoms with Crippen LogP contribution in [0.25, 0.3) is 0 Å². The Labute approximate surface area is 85.8 Å². The molecular formula is C12H19NO. The molecule has 0 heterocycles. The number of hydrogen-bond acceptors (Lipinski definition) is 2. The number of aryl methyl sites for hydroxylation is 1. The molecule has 0 spiro atoms. The van der Waals surface area contributed by atoms with Gasteiger partial charge in [0.05, 0.1) is 5.60 Å². The van der Waals surface area contributed by atoms with E-state index >= 15 is 0 Å². The van der Waals surface area contributed by atoms with Gasteiger partial charge in [0.2, 0.25) is 0 Å². The molecule has 0 saturated carbocycles. The van der Waals surface area contributed by atoms with Crippen LogP contribution in [0, 0.1) is 6.92 Å². The molecule has 1 aromatic carbocycles. The van der Waals surface area contributed by atoms with Crippen LogP contribution in [-0.2, 0) is 6.42 Å². The predicted molar refractivity (Wildman–Crippen MR) is 59.2 cm³/mol. The van der Waals surface area contributed by atoms with Gasteiger partial charge in [-0.25, -0.2) is 0 Å². The van der Waals surface area contributed by atoms with Crippen LogP contribution in [0.2, 0.25) is 0 Å². The molecule has 1 aromatic rings. The monoisotopic (exact) mass is 193 g/mol. The summed E-state index contributed by atoms with van der Waals surface area (Å²) in [6, 6.07) is 8.13. The average Bonchev–Trinajstić information content (AvgIpc) is 2.08. The number of aliphatic hydroxyl groups is 1. The molecule has 1 unspecified atom stereocenters. The van der Waals surface area contributed by atoms with Gasteiger partial charge in [0.25, 0.3) is 0 Å². The van der Waals surface area contributed by atoms with Crippen molar-refractivity contribution in [1.29, 1.82) is 0 Å². The summed E-state index contributed by atoms with van der Waals surface area (Å²) < 4.78 is 0. The lowest BCUT2D eigenvalue weighted by molar-refractivity contribution is 0.0537. The van der Waals surface area contributed by atoms with E-state index in [9.17, 15) is 5.11 Å². The first-order valence-electron chi connectivity index (χ1n) is 5.02. The van der Waals surface area contributed by atoms with Crippen LogP contribution < -0.4 is 5.73 Å². The first-order chi connectivity index (χ1) is 6.55. The van der Waals surface area contributed by atoms with E-state index < -0.39 is 5.60 Å². The molecular weight excluding hydrogens is 174 g/mol. The smallest absolute Gasteiger partial charge is 0.0672 e. The molecule has 0 saturated heterocycles. The largest absolute Gasteiger partial charge is 0.390 e. The molecule has 1 atom stereocenters. The molecule has 0 bridgehead atoms. The van der Waals surface area contributed by atoms with Crippen LogP contribution >= 0.6 is 0 Å². The zero-order valence-corrected chi connectivity index (χ0v) is 8.96. The van der Waals surface area contributed by atoms with E-state index in [1.54, 1.807) is 0 Å². The first-order valence-corrected chi connectivity index (χ1v) is 5.02. The second-order valence-electron chi connectivity index (χ2n) is 4.14. The van der Waals surface area contributed by atoms with E-state index in [0.29, 0.717) is 19.4 Å². The van der Waals surface area contributed by atoms with Crippen LogP contribution in [0.5, 0.6) is 0 Å². The van der Waals surface area contributed by atoms with E-state index in [-0.39, 0.29) is 0 Å². The Bertz CT molecular complexity index is 294. The lowest BCUT2D eigenvalue weighted by Gasteiger charge is -2.23. The lowest BCUT2D eigenvalue weighted by Crippen LogP contribution is -2.30. The number of hydrogen-bond donors (Lipinski definition) is 2. The van der Waals surface area contributed by atoms with Crippen molar-refractivity contribution >= 4 is 0 Å². The lowest BCUT2D eigenvalue weighted by atomic mass is 9.91. The summed E-state index contributed by atoms with van der Waals surface area (Å²) in [6.45, 7) is 4.43. The molecule has 2 nitrogen and oxygen atoms in total. The summed E-state index contributed by atoms with van der Waals surface area (Å²) in [7, 11) is 0. The Morgan fingerprint density at radius 1 is 1.36 bits per heavy atom. The van der Waals surface area contributed by atoms with Crippen LogP contribution in [-0.4, -0.2) is 17.3 Å². The van der Waals surface area contributed by atoms with Crippen LogP contribution in [0.4, 0.5) is 0 Å². The van der Waals surface area contributed by atoms with Gasteiger partial charge in [-0.1, -0.05) is 24.3 Å². The van der Waals surface area contributed by atoms with Crippen LogP contribution in [0.15, 0.2) is 24.3 Å². The molecule has 0 aliphatic heterocycles. The van der Waals surface area contributed by atoms with E-state index in [2.05, 4.69) is 19.1 Å². The van der Waals surface area contributed by atoms with Crippen LogP contribution in [0.1, 0.15) is 24.5 Å². The fourth-order valence-electron chi connectivity index (χ4n) is 1.62. The Morgan fingerprint density at radius 3 is 2.57 bits per heavy atom. The van der Waals surface area contributed by atoms with Crippen molar-refractivity contribution < 1.29 is 5.11 Å². The molecule has 2 heteroatoms. The minimum atomic E-state index is -0.680. The zero-order chi connectivity index (χ0) is 10.6. The molecule has 0 aliphatic rings. The van der Waals surface area contributed by atoms with Crippen molar-refractivity contribution in [3.63, 3.8) is 0 Å². The predicted octanol–water partition coefficient (Wildman–Crippen LogP) is 1.64. The SMILES string of the molecule is Cc1ccccc1CC(C)(O)CCN. The maximum absolute atomic E-state index is 10.0. The molecule has 14 heavy (non-hydrogen) atoms. The number of benzene rings is 1. The second kappa shape index (κ2) is 4.58. The highest BCUT2D eigenvalue weighted by atomic mass is 16.3. The summed E-state index contributed by atoms with van der Waals surface area (Å²) in [5, 5.41) is 10.0. The third-order valence-corrected chi connectivity index (χ3v) is 2.52. The summed E-state index contributed by atoms with van der Waals surface area (Å²) in [6.07, 6.45) is 1.32. The topological polar surface area (TPSA) is 46.2 Å². The van der Waals surface area contributed by atoms with Gasteiger partial charge in [-0.15, -0.1) is 0 Å². The van der Waals surface area contributed by atoms with Gasteiger partial charge in [-0.2, -0.15) is 0 Å². The van der Waals surface area contributed by atoms with E-state index in [0.717, 1.165) is 0 Å². The molecule has 0 radical (unpaired) electrons. The normalized spacial score (nSPS) is 15.1.